The number of ether oxygens (including phenoxy) is 1. The van der Waals surface area contributed by atoms with Gasteiger partial charge in [0.25, 0.3) is 0 Å². The van der Waals surface area contributed by atoms with Gasteiger partial charge in [0, 0.05) is 6.61 Å². The second-order valence-corrected chi connectivity index (χ2v) is 4.65. The number of carbonyl (C=O) groups is 1. The average Bonchev–Trinajstić information content (AvgIpc) is 2.17. The first-order chi connectivity index (χ1) is 7.40. The molecule has 0 aliphatic heterocycles. The first-order valence-electron chi connectivity index (χ1n) is 6.04. The van der Waals surface area contributed by atoms with Crippen molar-refractivity contribution < 1.29 is 14.6 Å². The number of hydrogen-bond donors (Lipinski definition) is 2. The highest BCUT2D eigenvalue weighted by molar-refractivity contribution is 5.77. The zero-order valence-corrected chi connectivity index (χ0v) is 10.7. The standard InChI is InChI=1S/C12H25NO3/c1-4-7-10(2)16-9-6-5-8-12(3,13)11(14)15/h10H,4-9,13H2,1-3H3,(H,14,15). The summed E-state index contributed by atoms with van der Waals surface area (Å²) in [4.78, 5) is 10.7. The molecule has 0 spiro atoms. The van der Waals surface area contributed by atoms with Crippen molar-refractivity contribution in [1.82, 2.24) is 0 Å². The van der Waals surface area contributed by atoms with Crippen LogP contribution >= 0.6 is 0 Å². The van der Waals surface area contributed by atoms with E-state index in [0.717, 1.165) is 25.7 Å². The molecule has 0 aromatic carbocycles. The van der Waals surface area contributed by atoms with Crippen molar-refractivity contribution in [2.45, 2.75) is 64.5 Å². The highest BCUT2D eigenvalue weighted by Gasteiger charge is 2.26. The van der Waals surface area contributed by atoms with E-state index in [1.807, 2.05) is 0 Å². The number of carboxylic acids is 1. The lowest BCUT2D eigenvalue weighted by atomic mass is 9.97. The lowest BCUT2D eigenvalue weighted by Gasteiger charge is -2.19. The normalized spacial score (nSPS) is 16.8. The van der Waals surface area contributed by atoms with E-state index in [2.05, 4.69) is 13.8 Å². The zero-order valence-electron chi connectivity index (χ0n) is 10.7. The maximum Gasteiger partial charge on any atom is 0.323 e. The van der Waals surface area contributed by atoms with Gasteiger partial charge in [0.05, 0.1) is 6.10 Å². The van der Waals surface area contributed by atoms with E-state index in [9.17, 15) is 4.79 Å². The van der Waals surface area contributed by atoms with Gasteiger partial charge in [-0.2, -0.15) is 0 Å². The molecule has 16 heavy (non-hydrogen) atoms. The molecule has 2 atom stereocenters. The first-order valence-corrected chi connectivity index (χ1v) is 6.04. The summed E-state index contributed by atoms with van der Waals surface area (Å²) in [5.74, 6) is -0.937. The Morgan fingerprint density at radius 3 is 2.62 bits per heavy atom. The van der Waals surface area contributed by atoms with Crippen LogP contribution < -0.4 is 5.73 Å². The van der Waals surface area contributed by atoms with Gasteiger partial charge >= 0.3 is 5.97 Å². The number of rotatable bonds is 9. The van der Waals surface area contributed by atoms with Crippen LogP contribution in [0.3, 0.4) is 0 Å². The third-order valence-corrected chi connectivity index (χ3v) is 2.68. The quantitative estimate of drug-likeness (QED) is 0.596. The van der Waals surface area contributed by atoms with E-state index < -0.39 is 11.5 Å². The Kier molecular flexibility index (Phi) is 7.34. The molecule has 0 saturated carbocycles. The van der Waals surface area contributed by atoms with Crippen molar-refractivity contribution in [3.05, 3.63) is 0 Å². The number of carboxylic acid groups (broad SMARTS) is 1. The Labute approximate surface area is 98.2 Å². The van der Waals surface area contributed by atoms with Crippen molar-refractivity contribution in [3.63, 3.8) is 0 Å². The van der Waals surface area contributed by atoms with Gasteiger partial charge in [-0.25, -0.2) is 0 Å². The number of hydrogen-bond acceptors (Lipinski definition) is 3. The van der Waals surface area contributed by atoms with Gasteiger partial charge in [0.15, 0.2) is 0 Å². The molecule has 0 aliphatic rings. The summed E-state index contributed by atoms with van der Waals surface area (Å²) in [6, 6.07) is 0. The summed E-state index contributed by atoms with van der Waals surface area (Å²) < 4.78 is 5.57. The molecule has 0 rings (SSSR count). The topological polar surface area (TPSA) is 72.5 Å². The molecule has 0 bridgehead atoms. The lowest BCUT2D eigenvalue weighted by Crippen LogP contribution is -2.44. The maximum absolute atomic E-state index is 10.7. The highest BCUT2D eigenvalue weighted by atomic mass is 16.5. The maximum atomic E-state index is 10.7. The fourth-order valence-corrected chi connectivity index (χ4v) is 1.48. The third kappa shape index (κ3) is 6.80. The Bertz CT molecular complexity index is 204. The summed E-state index contributed by atoms with van der Waals surface area (Å²) in [6.07, 6.45) is 4.65. The number of aliphatic carboxylic acids is 1. The van der Waals surface area contributed by atoms with Gasteiger partial charge in [-0.15, -0.1) is 0 Å². The fraction of sp³-hybridized carbons (Fsp3) is 0.917. The molecule has 4 nitrogen and oxygen atoms in total. The number of unbranched alkanes of at least 4 members (excludes halogenated alkanes) is 1. The molecule has 0 aromatic rings. The predicted octanol–water partition coefficient (Wildman–Crippen LogP) is 2.16. The molecule has 0 aromatic heterocycles. The van der Waals surface area contributed by atoms with E-state index in [4.69, 9.17) is 15.6 Å². The summed E-state index contributed by atoms with van der Waals surface area (Å²) in [6.45, 7) is 6.44. The van der Waals surface area contributed by atoms with Gasteiger partial charge in [-0.3, -0.25) is 4.79 Å². The molecule has 0 saturated heterocycles. The smallest absolute Gasteiger partial charge is 0.323 e. The Morgan fingerprint density at radius 1 is 1.50 bits per heavy atom. The van der Waals surface area contributed by atoms with Crippen LogP contribution in [0.1, 0.15) is 52.9 Å². The van der Waals surface area contributed by atoms with E-state index >= 15 is 0 Å². The van der Waals surface area contributed by atoms with Gasteiger partial charge < -0.3 is 15.6 Å². The fourth-order valence-electron chi connectivity index (χ4n) is 1.48. The van der Waals surface area contributed by atoms with Crippen molar-refractivity contribution in [2.75, 3.05) is 6.61 Å². The second kappa shape index (κ2) is 7.63. The molecule has 0 aliphatic carbocycles. The first kappa shape index (κ1) is 15.4. The largest absolute Gasteiger partial charge is 0.480 e. The van der Waals surface area contributed by atoms with Gasteiger partial charge in [-0.1, -0.05) is 13.3 Å². The summed E-state index contributed by atoms with van der Waals surface area (Å²) in [5, 5.41) is 8.80. The van der Waals surface area contributed by atoms with Gasteiger partial charge in [0.1, 0.15) is 5.54 Å². The van der Waals surface area contributed by atoms with E-state index in [0.29, 0.717) is 19.1 Å². The van der Waals surface area contributed by atoms with Gasteiger partial charge in [-0.05, 0) is 39.5 Å². The third-order valence-electron chi connectivity index (χ3n) is 2.68. The molecule has 96 valence electrons. The van der Waals surface area contributed by atoms with Crippen LogP contribution in [0.2, 0.25) is 0 Å². The summed E-state index contributed by atoms with van der Waals surface area (Å²) in [7, 11) is 0. The summed E-state index contributed by atoms with van der Waals surface area (Å²) in [5.41, 5.74) is 4.51. The van der Waals surface area contributed by atoms with Crippen LogP contribution in [-0.2, 0) is 9.53 Å². The highest BCUT2D eigenvalue weighted by Crippen LogP contribution is 2.11. The van der Waals surface area contributed by atoms with Crippen molar-refractivity contribution in [2.24, 2.45) is 5.73 Å². The Balaban J connectivity index is 3.50. The minimum atomic E-state index is -1.10. The molecule has 0 heterocycles. The SMILES string of the molecule is CCCC(C)OCCCCC(C)(N)C(=O)O. The van der Waals surface area contributed by atoms with E-state index in [1.165, 1.54) is 0 Å². The molecule has 0 radical (unpaired) electrons. The van der Waals surface area contributed by atoms with Crippen LogP contribution in [0.15, 0.2) is 0 Å². The molecular formula is C12H25NO3. The average molecular weight is 231 g/mol. The molecular weight excluding hydrogens is 206 g/mol. The van der Waals surface area contributed by atoms with Crippen LogP contribution in [0.5, 0.6) is 0 Å². The predicted molar refractivity (Wildman–Crippen MR) is 64.4 cm³/mol. The van der Waals surface area contributed by atoms with E-state index in [1.54, 1.807) is 6.92 Å². The summed E-state index contributed by atoms with van der Waals surface area (Å²) >= 11 is 0. The number of nitrogens with two attached hydrogens (primary N) is 1. The Hall–Kier alpha value is -0.610. The molecule has 2 unspecified atom stereocenters. The van der Waals surface area contributed by atoms with Crippen LogP contribution in [0, 0.1) is 0 Å². The lowest BCUT2D eigenvalue weighted by molar-refractivity contribution is -0.143. The van der Waals surface area contributed by atoms with Crippen molar-refractivity contribution in [3.8, 4) is 0 Å². The second-order valence-electron chi connectivity index (χ2n) is 4.65. The zero-order chi connectivity index (χ0) is 12.6. The minimum Gasteiger partial charge on any atom is -0.480 e. The Morgan fingerprint density at radius 2 is 2.12 bits per heavy atom. The van der Waals surface area contributed by atoms with Crippen LogP contribution in [-0.4, -0.2) is 29.3 Å². The van der Waals surface area contributed by atoms with Crippen molar-refractivity contribution >= 4 is 5.97 Å². The van der Waals surface area contributed by atoms with Crippen LogP contribution in [0.4, 0.5) is 0 Å². The monoisotopic (exact) mass is 231 g/mol. The molecule has 3 N–H and O–H groups in total. The minimum absolute atomic E-state index is 0.300. The van der Waals surface area contributed by atoms with E-state index in [-0.39, 0.29) is 0 Å². The molecule has 0 amide bonds. The molecule has 0 fully saturated rings. The van der Waals surface area contributed by atoms with Gasteiger partial charge in [0.2, 0.25) is 0 Å². The molecule has 4 heteroatoms. The van der Waals surface area contributed by atoms with Crippen molar-refractivity contribution in [1.29, 1.82) is 0 Å². The van der Waals surface area contributed by atoms with Crippen LogP contribution in [0.25, 0.3) is 0 Å².